The molecule has 0 aliphatic rings. The minimum atomic E-state index is 0.122. The van der Waals surface area contributed by atoms with Crippen molar-refractivity contribution >= 4 is 16.7 Å². The maximum absolute atomic E-state index is 9.13. The Morgan fingerprint density at radius 2 is 2.00 bits per heavy atom. The molecular weight excluding hydrogens is 214 g/mol. The number of aliphatic hydroxyl groups is 1. The maximum atomic E-state index is 9.13. The molecular formula is C13H17N3O. The largest absolute Gasteiger partial charge is 0.395 e. The van der Waals surface area contributed by atoms with Crippen molar-refractivity contribution in [2.24, 2.45) is 0 Å². The summed E-state index contributed by atoms with van der Waals surface area (Å²) in [7, 11) is 0. The highest BCUT2D eigenvalue weighted by Gasteiger charge is 2.14. The molecule has 0 bridgehead atoms. The molecule has 1 N–H and O–H groups in total. The van der Waals surface area contributed by atoms with Gasteiger partial charge in [0.25, 0.3) is 0 Å². The minimum Gasteiger partial charge on any atom is -0.395 e. The molecule has 0 aliphatic carbocycles. The topological polar surface area (TPSA) is 49.2 Å². The zero-order chi connectivity index (χ0) is 12.3. The number of aromatic nitrogens is 2. The zero-order valence-electron chi connectivity index (χ0n) is 10.2. The van der Waals surface area contributed by atoms with E-state index in [0.717, 1.165) is 16.7 Å². The Bertz CT molecular complexity index is 493. The Morgan fingerprint density at radius 3 is 2.71 bits per heavy atom. The third-order valence-electron chi connectivity index (χ3n) is 2.76. The summed E-state index contributed by atoms with van der Waals surface area (Å²) in [6.45, 7) is 4.88. The van der Waals surface area contributed by atoms with Crippen molar-refractivity contribution in [2.75, 3.05) is 18.1 Å². The lowest BCUT2D eigenvalue weighted by molar-refractivity contribution is 0.299. The van der Waals surface area contributed by atoms with Gasteiger partial charge in [-0.25, -0.2) is 9.97 Å². The van der Waals surface area contributed by atoms with Gasteiger partial charge in [0.1, 0.15) is 12.1 Å². The monoisotopic (exact) mass is 231 g/mol. The first-order valence-electron chi connectivity index (χ1n) is 5.81. The van der Waals surface area contributed by atoms with Gasteiger partial charge < -0.3 is 10.0 Å². The third kappa shape index (κ3) is 2.36. The highest BCUT2D eigenvalue weighted by molar-refractivity contribution is 5.89. The first-order chi connectivity index (χ1) is 8.24. The van der Waals surface area contributed by atoms with Gasteiger partial charge in [-0.2, -0.15) is 0 Å². The van der Waals surface area contributed by atoms with Gasteiger partial charge in [0.2, 0.25) is 0 Å². The molecule has 0 atom stereocenters. The maximum Gasteiger partial charge on any atom is 0.140 e. The van der Waals surface area contributed by atoms with Crippen LogP contribution in [0.3, 0.4) is 0 Å². The summed E-state index contributed by atoms with van der Waals surface area (Å²) in [6, 6.07) is 8.22. The summed E-state index contributed by atoms with van der Waals surface area (Å²) >= 11 is 0. The van der Waals surface area contributed by atoms with Crippen LogP contribution in [0.15, 0.2) is 30.6 Å². The number of hydrogen-bond donors (Lipinski definition) is 1. The number of aliphatic hydroxyl groups excluding tert-OH is 1. The molecule has 0 saturated carbocycles. The highest BCUT2D eigenvalue weighted by atomic mass is 16.3. The van der Waals surface area contributed by atoms with E-state index >= 15 is 0 Å². The quantitative estimate of drug-likeness (QED) is 0.872. The van der Waals surface area contributed by atoms with Crippen LogP contribution in [-0.2, 0) is 0 Å². The Kier molecular flexibility index (Phi) is 3.54. The van der Waals surface area contributed by atoms with E-state index in [0.29, 0.717) is 12.6 Å². The van der Waals surface area contributed by atoms with Gasteiger partial charge in [-0.1, -0.05) is 12.1 Å². The van der Waals surface area contributed by atoms with E-state index in [-0.39, 0.29) is 6.61 Å². The molecule has 1 aromatic heterocycles. The Morgan fingerprint density at radius 1 is 1.24 bits per heavy atom. The van der Waals surface area contributed by atoms with Crippen LogP contribution in [0.2, 0.25) is 0 Å². The van der Waals surface area contributed by atoms with Crippen molar-refractivity contribution in [1.82, 2.24) is 9.97 Å². The normalized spacial score (nSPS) is 11.1. The molecule has 4 heteroatoms. The van der Waals surface area contributed by atoms with Gasteiger partial charge in [-0.05, 0) is 26.0 Å². The van der Waals surface area contributed by atoms with E-state index in [4.69, 9.17) is 5.11 Å². The molecule has 2 aromatic rings. The van der Waals surface area contributed by atoms with E-state index in [2.05, 4.69) is 28.7 Å². The van der Waals surface area contributed by atoms with Crippen LogP contribution < -0.4 is 4.90 Å². The second-order valence-electron chi connectivity index (χ2n) is 4.23. The van der Waals surface area contributed by atoms with E-state index in [1.807, 2.05) is 24.3 Å². The Labute approximate surface area is 101 Å². The molecule has 0 fully saturated rings. The molecule has 0 radical (unpaired) electrons. The molecule has 90 valence electrons. The average Bonchev–Trinajstić information content (AvgIpc) is 2.35. The van der Waals surface area contributed by atoms with Crippen LogP contribution in [0, 0.1) is 0 Å². The Hall–Kier alpha value is -1.68. The standard InChI is InChI=1S/C13H17N3O/c1-10(2)16(7-8-17)13-11-5-3-4-6-12(11)14-9-15-13/h3-6,9-10,17H,7-8H2,1-2H3. The van der Waals surface area contributed by atoms with E-state index < -0.39 is 0 Å². The second-order valence-corrected chi connectivity index (χ2v) is 4.23. The smallest absolute Gasteiger partial charge is 0.140 e. The predicted octanol–water partition coefficient (Wildman–Crippen LogP) is 1.84. The van der Waals surface area contributed by atoms with Crippen LogP contribution >= 0.6 is 0 Å². The lowest BCUT2D eigenvalue weighted by Gasteiger charge is -2.27. The number of nitrogens with zero attached hydrogens (tertiary/aromatic N) is 3. The molecule has 1 aromatic carbocycles. The van der Waals surface area contributed by atoms with Crippen molar-refractivity contribution in [3.63, 3.8) is 0 Å². The summed E-state index contributed by atoms with van der Waals surface area (Å²) in [5, 5.41) is 10.2. The van der Waals surface area contributed by atoms with Crippen LogP contribution in [0.5, 0.6) is 0 Å². The van der Waals surface area contributed by atoms with Gasteiger partial charge in [0.15, 0.2) is 0 Å². The van der Waals surface area contributed by atoms with Gasteiger partial charge in [0, 0.05) is 18.0 Å². The number of anilines is 1. The summed E-state index contributed by atoms with van der Waals surface area (Å²) in [5.41, 5.74) is 0.932. The summed E-state index contributed by atoms with van der Waals surface area (Å²) in [4.78, 5) is 10.7. The van der Waals surface area contributed by atoms with Crippen LogP contribution in [0.25, 0.3) is 10.9 Å². The molecule has 0 saturated heterocycles. The fourth-order valence-electron chi connectivity index (χ4n) is 1.94. The first-order valence-corrected chi connectivity index (χ1v) is 5.81. The van der Waals surface area contributed by atoms with Crippen molar-refractivity contribution in [3.05, 3.63) is 30.6 Å². The van der Waals surface area contributed by atoms with E-state index in [9.17, 15) is 0 Å². The molecule has 1 heterocycles. The van der Waals surface area contributed by atoms with Crippen molar-refractivity contribution < 1.29 is 5.11 Å². The predicted molar refractivity (Wildman–Crippen MR) is 69.1 cm³/mol. The SMILES string of the molecule is CC(C)N(CCO)c1ncnc2ccccc12. The number of fused-ring (bicyclic) bond motifs is 1. The zero-order valence-corrected chi connectivity index (χ0v) is 10.2. The van der Waals surface area contributed by atoms with Gasteiger partial charge in [-0.15, -0.1) is 0 Å². The van der Waals surface area contributed by atoms with Gasteiger partial charge >= 0.3 is 0 Å². The Balaban J connectivity index is 2.52. The highest BCUT2D eigenvalue weighted by Crippen LogP contribution is 2.23. The second kappa shape index (κ2) is 5.10. The lowest BCUT2D eigenvalue weighted by atomic mass is 10.2. The molecule has 0 spiro atoms. The van der Waals surface area contributed by atoms with Crippen LogP contribution in [0.4, 0.5) is 5.82 Å². The summed E-state index contributed by atoms with van der Waals surface area (Å²) in [6.07, 6.45) is 1.57. The molecule has 0 amide bonds. The minimum absolute atomic E-state index is 0.122. The van der Waals surface area contributed by atoms with Gasteiger partial charge in [-0.3, -0.25) is 0 Å². The third-order valence-corrected chi connectivity index (χ3v) is 2.76. The van der Waals surface area contributed by atoms with Crippen LogP contribution in [-0.4, -0.2) is 34.3 Å². The number of para-hydroxylation sites is 1. The van der Waals surface area contributed by atoms with Crippen molar-refractivity contribution in [3.8, 4) is 0 Å². The van der Waals surface area contributed by atoms with Crippen LogP contribution in [0.1, 0.15) is 13.8 Å². The lowest BCUT2D eigenvalue weighted by Crippen LogP contribution is -2.34. The van der Waals surface area contributed by atoms with Gasteiger partial charge in [0.05, 0.1) is 12.1 Å². The number of rotatable bonds is 4. The fraction of sp³-hybridized carbons (Fsp3) is 0.385. The molecule has 0 aliphatic heterocycles. The molecule has 4 nitrogen and oxygen atoms in total. The fourth-order valence-corrected chi connectivity index (χ4v) is 1.94. The molecule has 17 heavy (non-hydrogen) atoms. The van der Waals surface area contributed by atoms with E-state index in [1.165, 1.54) is 0 Å². The van der Waals surface area contributed by atoms with Crippen molar-refractivity contribution in [2.45, 2.75) is 19.9 Å². The summed E-state index contributed by atoms with van der Waals surface area (Å²) in [5.74, 6) is 0.889. The number of benzene rings is 1. The molecule has 2 rings (SSSR count). The van der Waals surface area contributed by atoms with E-state index in [1.54, 1.807) is 6.33 Å². The summed E-state index contributed by atoms with van der Waals surface area (Å²) < 4.78 is 0. The molecule has 0 unspecified atom stereocenters. The average molecular weight is 231 g/mol. The first kappa shape index (κ1) is 11.8. The van der Waals surface area contributed by atoms with Crippen molar-refractivity contribution in [1.29, 1.82) is 0 Å². The number of hydrogen-bond acceptors (Lipinski definition) is 4.